The molecule has 3 aromatic heterocycles. The number of carbonyl (C=O) groups is 2. The van der Waals surface area contributed by atoms with Crippen molar-refractivity contribution < 1.29 is 9.59 Å². The van der Waals surface area contributed by atoms with Crippen molar-refractivity contribution in [3.63, 3.8) is 0 Å². The maximum absolute atomic E-state index is 12.3. The minimum absolute atomic E-state index is 0.110. The minimum atomic E-state index is -0.191. The minimum Gasteiger partial charge on any atom is -0.352 e. The lowest BCUT2D eigenvalue weighted by Crippen LogP contribution is -2.27. The Balaban J connectivity index is 1.23. The van der Waals surface area contributed by atoms with Crippen LogP contribution in [0.4, 0.5) is 0 Å². The number of pyridine rings is 1. The molecule has 0 unspecified atom stereocenters. The van der Waals surface area contributed by atoms with E-state index in [4.69, 9.17) is 0 Å². The largest absolute Gasteiger partial charge is 0.352 e. The van der Waals surface area contributed by atoms with E-state index in [0.29, 0.717) is 42.1 Å². The van der Waals surface area contributed by atoms with Gasteiger partial charge in [-0.3, -0.25) is 14.0 Å². The molecule has 4 aromatic rings. The number of nitrogens with zero attached hydrogens (tertiary/aromatic N) is 3. The number of rotatable bonds is 8. The maximum Gasteiger partial charge on any atom is 0.350 e. The first-order valence-electron chi connectivity index (χ1n) is 9.85. The molecule has 3 heterocycles. The number of aryl methyl sites for hydroxylation is 1. The van der Waals surface area contributed by atoms with Crippen molar-refractivity contribution in [2.75, 3.05) is 6.54 Å². The molecule has 1 aromatic carbocycles. The molecule has 0 saturated heterocycles. The lowest BCUT2D eigenvalue weighted by Gasteiger charge is -2.07. The zero-order valence-electron chi connectivity index (χ0n) is 16.7. The van der Waals surface area contributed by atoms with Crippen LogP contribution in [0.5, 0.6) is 0 Å². The molecular formula is C22H21N5O3S. The van der Waals surface area contributed by atoms with Crippen LogP contribution in [0.15, 0.2) is 71.0 Å². The van der Waals surface area contributed by atoms with Crippen LogP contribution < -0.4 is 16.3 Å². The summed E-state index contributed by atoms with van der Waals surface area (Å²) in [5, 5.41) is 11.8. The van der Waals surface area contributed by atoms with E-state index >= 15 is 0 Å². The molecule has 0 fully saturated rings. The third kappa shape index (κ3) is 4.89. The molecule has 0 saturated carbocycles. The highest BCUT2D eigenvalue weighted by Crippen LogP contribution is 2.09. The van der Waals surface area contributed by atoms with E-state index in [0.717, 1.165) is 5.56 Å². The normalized spacial score (nSPS) is 10.8. The zero-order chi connectivity index (χ0) is 21.6. The summed E-state index contributed by atoms with van der Waals surface area (Å²) in [6.07, 6.45) is 2.27. The predicted octanol–water partition coefficient (Wildman–Crippen LogP) is 2.31. The Morgan fingerprint density at radius 1 is 0.968 bits per heavy atom. The van der Waals surface area contributed by atoms with Gasteiger partial charge in [0.1, 0.15) is 0 Å². The monoisotopic (exact) mass is 435 g/mol. The van der Waals surface area contributed by atoms with Crippen LogP contribution in [-0.4, -0.2) is 32.5 Å². The Labute approximate surface area is 182 Å². The second kappa shape index (κ2) is 9.40. The Bertz CT molecular complexity index is 1240. The Hall–Kier alpha value is -3.72. The number of hydrogen-bond donors (Lipinski definition) is 2. The third-order valence-electron chi connectivity index (χ3n) is 4.73. The molecule has 9 heteroatoms. The smallest absolute Gasteiger partial charge is 0.350 e. The van der Waals surface area contributed by atoms with Crippen LogP contribution in [0.1, 0.15) is 32.0 Å². The van der Waals surface area contributed by atoms with Crippen LogP contribution in [0.25, 0.3) is 5.65 Å². The number of thiophene rings is 1. The van der Waals surface area contributed by atoms with Crippen LogP contribution in [0.2, 0.25) is 0 Å². The van der Waals surface area contributed by atoms with Gasteiger partial charge in [0, 0.05) is 31.4 Å². The molecular weight excluding hydrogens is 414 g/mol. The fourth-order valence-electron chi connectivity index (χ4n) is 3.10. The zero-order valence-corrected chi connectivity index (χ0v) is 17.5. The fourth-order valence-corrected chi connectivity index (χ4v) is 3.74. The molecule has 0 bridgehead atoms. The van der Waals surface area contributed by atoms with E-state index in [9.17, 15) is 14.4 Å². The third-order valence-corrected chi connectivity index (χ3v) is 5.60. The van der Waals surface area contributed by atoms with Gasteiger partial charge in [0.15, 0.2) is 5.65 Å². The molecule has 0 atom stereocenters. The average Bonchev–Trinajstić information content (AvgIpc) is 3.44. The summed E-state index contributed by atoms with van der Waals surface area (Å²) < 4.78 is 2.89. The Kier molecular flexibility index (Phi) is 6.23. The van der Waals surface area contributed by atoms with Crippen molar-refractivity contribution in [3.8, 4) is 0 Å². The number of carbonyl (C=O) groups excluding carboxylic acids is 2. The number of amides is 2. The summed E-state index contributed by atoms with van der Waals surface area (Å²) in [5.41, 5.74) is 1.86. The van der Waals surface area contributed by atoms with Gasteiger partial charge in [-0.25, -0.2) is 9.48 Å². The number of aromatic nitrogens is 3. The van der Waals surface area contributed by atoms with Gasteiger partial charge in [0.05, 0.1) is 4.88 Å². The molecule has 4 rings (SSSR count). The van der Waals surface area contributed by atoms with Crippen molar-refractivity contribution in [3.05, 3.63) is 92.7 Å². The summed E-state index contributed by atoms with van der Waals surface area (Å²) in [4.78, 5) is 37.2. The number of fused-ring (bicyclic) bond motifs is 1. The number of hydrogen-bond acceptors (Lipinski definition) is 5. The van der Waals surface area contributed by atoms with Gasteiger partial charge < -0.3 is 10.6 Å². The van der Waals surface area contributed by atoms with E-state index in [2.05, 4.69) is 15.7 Å². The second-order valence-corrected chi connectivity index (χ2v) is 7.85. The standard InChI is InChI=1S/C22H21N5O3S/c28-20(23-11-4-13-27-22(30)26-12-2-1-6-19(26)25-27)17-9-7-16(8-10-17)15-24-21(29)18-5-3-14-31-18/h1-3,5-10,12,14H,4,11,13,15H2,(H,23,28)(H,24,29). The number of nitrogens with one attached hydrogen (secondary N) is 2. The lowest BCUT2D eigenvalue weighted by atomic mass is 10.1. The highest BCUT2D eigenvalue weighted by Gasteiger charge is 2.09. The van der Waals surface area contributed by atoms with E-state index in [1.807, 2.05) is 29.6 Å². The molecule has 2 N–H and O–H groups in total. The topological polar surface area (TPSA) is 97.5 Å². The molecule has 158 valence electrons. The van der Waals surface area contributed by atoms with E-state index < -0.39 is 0 Å². The van der Waals surface area contributed by atoms with Crippen molar-refractivity contribution in [1.29, 1.82) is 0 Å². The summed E-state index contributed by atoms with van der Waals surface area (Å²) in [6, 6.07) is 16.1. The van der Waals surface area contributed by atoms with Gasteiger partial charge in [-0.15, -0.1) is 16.4 Å². The first-order valence-corrected chi connectivity index (χ1v) is 10.7. The second-order valence-electron chi connectivity index (χ2n) is 6.90. The van der Waals surface area contributed by atoms with Crippen molar-refractivity contribution in [2.45, 2.75) is 19.5 Å². The van der Waals surface area contributed by atoms with Gasteiger partial charge >= 0.3 is 5.69 Å². The fraction of sp³-hybridized carbons (Fsp3) is 0.182. The van der Waals surface area contributed by atoms with E-state index in [-0.39, 0.29) is 17.5 Å². The molecule has 31 heavy (non-hydrogen) atoms. The van der Waals surface area contributed by atoms with Crippen LogP contribution >= 0.6 is 11.3 Å². The first kappa shape index (κ1) is 20.5. The van der Waals surface area contributed by atoms with Crippen LogP contribution in [0.3, 0.4) is 0 Å². The molecule has 0 spiro atoms. The first-order chi connectivity index (χ1) is 15.1. The van der Waals surface area contributed by atoms with Crippen LogP contribution in [0, 0.1) is 0 Å². The van der Waals surface area contributed by atoms with Crippen LogP contribution in [-0.2, 0) is 13.1 Å². The van der Waals surface area contributed by atoms with Gasteiger partial charge in [-0.1, -0.05) is 24.3 Å². The summed E-state index contributed by atoms with van der Waals surface area (Å²) in [5.74, 6) is -0.293. The molecule has 0 aliphatic rings. The average molecular weight is 436 g/mol. The van der Waals surface area contributed by atoms with Crippen molar-refractivity contribution >= 4 is 28.8 Å². The molecule has 2 amide bonds. The molecule has 0 aliphatic carbocycles. The Morgan fingerprint density at radius 3 is 2.55 bits per heavy atom. The Morgan fingerprint density at radius 2 is 1.81 bits per heavy atom. The summed E-state index contributed by atoms with van der Waals surface area (Å²) in [6.45, 7) is 1.24. The van der Waals surface area contributed by atoms with Crippen molar-refractivity contribution in [2.24, 2.45) is 0 Å². The van der Waals surface area contributed by atoms with E-state index in [1.54, 1.807) is 36.5 Å². The SMILES string of the molecule is O=C(NCCCn1nc2ccccn2c1=O)c1ccc(CNC(=O)c2cccs2)cc1. The van der Waals surface area contributed by atoms with Gasteiger partial charge in [0.2, 0.25) is 0 Å². The predicted molar refractivity (Wildman–Crippen MR) is 118 cm³/mol. The van der Waals surface area contributed by atoms with Gasteiger partial charge in [-0.05, 0) is 47.7 Å². The summed E-state index contributed by atoms with van der Waals surface area (Å²) in [7, 11) is 0. The quantitative estimate of drug-likeness (QED) is 0.415. The maximum atomic E-state index is 12.3. The molecule has 8 nitrogen and oxygen atoms in total. The molecule has 0 aliphatic heterocycles. The lowest BCUT2D eigenvalue weighted by molar-refractivity contribution is 0.0944. The highest BCUT2D eigenvalue weighted by atomic mass is 32.1. The van der Waals surface area contributed by atoms with Gasteiger partial charge in [0.25, 0.3) is 11.8 Å². The van der Waals surface area contributed by atoms with Crippen molar-refractivity contribution in [1.82, 2.24) is 24.8 Å². The summed E-state index contributed by atoms with van der Waals surface area (Å²) >= 11 is 1.39. The highest BCUT2D eigenvalue weighted by molar-refractivity contribution is 7.12. The molecule has 0 radical (unpaired) electrons. The van der Waals surface area contributed by atoms with Gasteiger partial charge in [-0.2, -0.15) is 0 Å². The van der Waals surface area contributed by atoms with E-state index in [1.165, 1.54) is 20.4 Å². The number of benzene rings is 1.